The number of H-pyrrole nitrogens is 1. The van der Waals surface area contributed by atoms with Crippen LogP contribution in [-0.2, 0) is 0 Å². The average molecular weight is 321 g/mol. The fourth-order valence-corrected chi connectivity index (χ4v) is 2.79. The van der Waals surface area contributed by atoms with E-state index in [1.807, 2.05) is 55.5 Å². The van der Waals surface area contributed by atoms with Crippen LogP contribution in [0.25, 0.3) is 11.0 Å². The van der Waals surface area contributed by atoms with E-state index in [1.165, 1.54) is 0 Å². The number of aromatic amines is 1. The topological polar surface area (TPSA) is 57.8 Å². The molecule has 4 heteroatoms. The predicted octanol–water partition coefficient (Wildman–Crippen LogP) is 4.39. The van der Waals surface area contributed by atoms with E-state index in [2.05, 4.69) is 29.1 Å². The van der Waals surface area contributed by atoms with Crippen molar-refractivity contribution in [3.8, 4) is 0 Å². The molecule has 3 rings (SSSR count). The number of rotatable bonds is 5. The van der Waals surface area contributed by atoms with Crippen molar-refractivity contribution in [3.05, 3.63) is 65.5 Å². The number of nitrogens with zero attached hydrogens (tertiary/aromatic N) is 1. The largest absolute Gasteiger partial charge is 0.342 e. The van der Waals surface area contributed by atoms with Gasteiger partial charge in [-0.1, -0.05) is 43.7 Å². The summed E-state index contributed by atoms with van der Waals surface area (Å²) in [4.78, 5) is 20.6. The molecular formula is C20H23N3O. The highest BCUT2D eigenvalue weighted by molar-refractivity contribution is 5.94. The molecule has 1 heterocycles. The first-order chi connectivity index (χ1) is 11.5. The maximum Gasteiger partial charge on any atom is 0.251 e. The number of aromatic nitrogens is 2. The molecule has 0 spiro atoms. The lowest BCUT2D eigenvalue weighted by Crippen LogP contribution is -2.30. The van der Waals surface area contributed by atoms with Crippen molar-refractivity contribution in [2.75, 3.05) is 0 Å². The first kappa shape index (κ1) is 16.2. The van der Waals surface area contributed by atoms with Crippen LogP contribution in [0.5, 0.6) is 0 Å². The van der Waals surface area contributed by atoms with Gasteiger partial charge < -0.3 is 10.3 Å². The molecule has 2 aromatic carbocycles. The van der Waals surface area contributed by atoms with E-state index >= 15 is 0 Å². The summed E-state index contributed by atoms with van der Waals surface area (Å²) in [6.45, 7) is 6.30. The molecule has 0 bridgehead atoms. The number of fused-ring (bicyclic) bond motifs is 1. The Morgan fingerprint density at radius 3 is 2.50 bits per heavy atom. The van der Waals surface area contributed by atoms with Gasteiger partial charge in [0.15, 0.2) is 0 Å². The number of hydrogen-bond donors (Lipinski definition) is 2. The third-order valence-electron chi connectivity index (χ3n) is 4.06. The quantitative estimate of drug-likeness (QED) is 0.732. The molecule has 0 aliphatic carbocycles. The first-order valence-electron chi connectivity index (χ1n) is 8.35. The summed E-state index contributed by atoms with van der Waals surface area (Å²) in [5.74, 6) is 1.19. The van der Waals surface area contributed by atoms with Crippen molar-refractivity contribution >= 4 is 16.9 Å². The molecule has 3 aromatic rings. The number of hydrogen-bond acceptors (Lipinski definition) is 2. The standard InChI is InChI=1S/C20H23N3O/c1-13(2)12-18(19-21-16-6-4-5-7-17(16)22-19)23-20(24)15-10-8-14(3)9-11-15/h4-11,13,18H,12H2,1-3H3,(H,21,22)(H,23,24)/t18-/m1/s1. The van der Waals surface area contributed by atoms with Crippen LogP contribution in [0.1, 0.15) is 48.1 Å². The van der Waals surface area contributed by atoms with Crippen LogP contribution < -0.4 is 5.32 Å². The normalized spacial score (nSPS) is 12.5. The smallest absolute Gasteiger partial charge is 0.251 e. The molecule has 0 radical (unpaired) electrons. The van der Waals surface area contributed by atoms with E-state index in [4.69, 9.17) is 0 Å². The van der Waals surface area contributed by atoms with Crippen molar-refractivity contribution < 1.29 is 4.79 Å². The molecule has 24 heavy (non-hydrogen) atoms. The van der Waals surface area contributed by atoms with Gasteiger partial charge in [-0.2, -0.15) is 0 Å². The van der Waals surface area contributed by atoms with Gasteiger partial charge in [0.2, 0.25) is 0 Å². The molecule has 0 saturated carbocycles. The molecular weight excluding hydrogens is 298 g/mol. The van der Waals surface area contributed by atoms with Gasteiger partial charge in [0, 0.05) is 5.56 Å². The second kappa shape index (κ2) is 6.87. The molecule has 2 N–H and O–H groups in total. The molecule has 124 valence electrons. The third kappa shape index (κ3) is 3.65. The Bertz CT molecular complexity index is 800. The summed E-state index contributed by atoms with van der Waals surface area (Å²) in [5.41, 5.74) is 3.73. The van der Waals surface area contributed by atoms with Gasteiger partial charge in [-0.15, -0.1) is 0 Å². The lowest BCUT2D eigenvalue weighted by Gasteiger charge is -2.19. The molecule has 1 amide bonds. The highest BCUT2D eigenvalue weighted by Crippen LogP contribution is 2.22. The van der Waals surface area contributed by atoms with Gasteiger partial charge in [-0.25, -0.2) is 4.98 Å². The Kier molecular flexibility index (Phi) is 4.65. The van der Waals surface area contributed by atoms with Crippen LogP contribution in [0.2, 0.25) is 0 Å². The van der Waals surface area contributed by atoms with Gasteiger partial charge in [-0.05, 0) is 43.5 Å². The fourth-order valence-electron chi connectivity index (χ4n) is 2.79. The monoisotopic (exact) mass is 321 g/mol. The summed E-state index contributed by atoms with van der Waals surface area (Å²) < 4.78 is 0. The van der Waals surface area contributed by atoms with Crippen molar-refractivity contribution in [1.29, 1.82) is 0 Å². The van der Waals surface area contributed by atoms with Gasteiger partial charge >= 0.3 is 0 Å². The number of carbonyl (C=O) groups is 1. The van der Waals surface area contributed by atoms with E-state index in [-0.39, 0.29) is 11.9 Å². The second-order valence-corrected chi connectivity index (χ2v) is 6.66. The summed E-state index contributed by atoms with van der Waals surface area (Å²) in [6, 6.07) is 15.4. The van der Waals surface area contributed by atoms with Crippen LogP contribution in [0, 0.1) is 12.8 Å². The molecule has 0 fully saturated rings. The summed E-state index contributed by atoms with van der Waals surface area (Å²) in [6.07, 6.45) is 0.831. The lowest BCUT2D eigenvalue weighted by molar-refractivity contribution is 0.0930. The van der Waals surface area contributed by atoms with Crippen LogP contribution in [0.4, 0.5) is 0 Å². The maximum atomic E-state index is 12.6. The third-order valence-corrected chi connectivity index (χ3v) is 4.06. The number of benzene rings is 2. The van der Waals surface area contributed by atoms with Crippen LogP contribution in [0.15, 0.2) is 48.5 Å². The average Bonchev–Trinajstić information content (AvgIpc) is 2.98. The predicted molar refractivity (Wildman–Crippen MR) is 96.9 cm³/mol. The van der Waals surface area contributed by atoms with Gasteiger partial charge in [0.05, 0.1) is 17.1 Å². The number of amides is 1. The van der Waals surface area contributed by atoms with E-state index < -0.39 is 0 Å². The minimum absolute atomic E-state index is 0.0684. The molecule has 0 aliphatic rings. The van der Waals surface area contributed by atoms with Crippen LogP contribution >= 0.6 is 0 Å². The zero-order valence-electron chi connectivity index (χ0n) is 14.3. The van der Waals surface area contributed by atoms with Crippen LogP contribution in [-0.4, -0.2) is 15.9 Å². The summed E-state index contributed by atoms with van der Waals surface area (Å²) in [5, 5.41) is 3.13. The Hall–Kier alpha value is -2.62. The highest BCUT2D eigenvalue weighted by atomic mass is 16.1. The number of carbonyl (C=O) groups excluding carboxylic acids is 1. The van der Waals surface area contributed by atoms with Crippen molar-refractivity contribution in [2.45, 2.75) is 33.2 Å². The summed E-state index contributed by atoms with van der Waals surface area (Å²) in [7, 11) is 0. The Labute approximate surface area is 142 Å². The Morgan fingerprint density at radius 2 is 1.83 bits per heavy atom. The molecule has 0 saturated heterocycles. The van der Waals surface area contributed by atoms with Crippen molar-refractivity contribution in [1.82, 2.24) is 15.3 Å². The molecule has 0 unspecified atom stereocenters. The molecule has 1 aromatic heterocycles. The zero-order chi connectivity index (χ0) is 17.1. The van der Waals surface area contributed by atoms with Gasteiger partial charge in [0.25, 0.3) is 5.91 Å². The fraction of sp³-hybridized carbons (Fsp3) is 0.300. The van der Waals surface area contributed by atoms with Crippen molar-refractivity contribution in [3.63, 3.8) is 0 Å². The van der Waals surface area contributed by atoms with E-state index in [9.17, 15) is 4.79 Å². The van der Waals surface area contributed by atoms with Gasteiger partial charge in [-0.3, -0.25) is 4.79 Å². The van der Waals surface area contributed by atoms with Gasteiger partial charge in [0.1, 0.15) is 5.82 Å². The van der Waals surface area contributed by atoms with Crippen molar-refractivity contribution in [2.24, 2.45) is 5.92 Å². The Balaban J connectivity index is 1.85. The van der Waals surface area contributed by atoms with Crippen LogP contribution in [0.3, 0.4) is 0 Å². The highest BCUT2D eigenvalue weighted by Gasteiger charge is 2.20. The Morgan fingerprint density at radius 1 is 1.12 bits per heavy atom. The molecule has 0 aliphatic heterocycles. The zero-order valence-corrected chi connectivity index (χ0v) is 14.3. The second-order valence-electron chi connectivity index (χ2n) is 6.66. The molecule has 4 nitrogen and oxygen atoms in total. The summed E-state index contributed by atoms with van der Waals surface area (Å²) >= 11 is 0. The van der Waals surface area contributed by atoms with E-state index in [0.717, 1.165) is 28.8 Å². The van der Waals surface area contributed by atoms with E-state index in [1.54, 1.807) is 0 Å². The number of nitrogens with one attached hydrogen (secondary N) is 2. The minimum atomic E-state index is -0.133. The number of para-hydroxylation sites is 2. The lowest BCUT2D eigenvalue weighted by atomic mass is 10.0. The molecule has 1 atom stereocenters. The van der Waals surface area contributed by atoms with E-state index in [0.29, 0.717) is 11.5 Å². The number of aryl methyl sites for hydroxylation is 1. The SMILES string of the molecule is Cc1ccc(C(=O)N[C@H](CC(C)C)c2nc3ccccc3[nH]2)cc1. The minimum Gasteiger partial charge on any atom is -0.342 e. The maximum absolute atomic E-state index is 12.6. The number of imidazole rings is 1. The first-order valence-corrected chi connectivity index (χ1v) is 8.35.